The number of hydrogen-bond donors (Lipinski definition) is 0. The molecule has 0 amide bonds. The van der Waals surface area contributed by atoms with Crippen molar-refractivity contribution in [3.8, 4) is 0 Å². The molecule has 5 atom stereocenters. The van der Waals surface area contributed by atoms with Crippen LogP contribution in [0.2, 0.25) is 0 Å². The number of piperidine rings is 1. The highest BCUT2D eigenvalue weighted by Crippen LogP contribution is 2.31. The minimum absolute atomic E-state index is 0.00968. The largest absolute Gasteiger partial charge is 0.375 e. The van der Waals surface area contributed by atoms with Crippen LogP contribution in [0.15, 0.2) is 121 Å². The van der Waals surface area contributed by atoms with Gasteiger partial charge in [0, 0.05) is 13.1 Å². The fraction of sp³-hybridized carbons (Fsp3) is 0.429. The average Bonchev–Trinajstić information content (AvgIpc) is 3.13. The predicted octanol–water partition coefficient (Wildman–Crippen LogP) is 8.86. The number of benzene rings is 4. The van der Waals surface area contributed by atoms with E-state index in [0.717, 1.165) is 36.2 Å². The Morgan fingerprint density at radius 1 is 0.596 bits per heavy atom. The molecule has 0 aromatic heterocycles. The molecule has 5 unspecified atom stereocenters. The molecule has 4 aromatic carbocycles. The van der Waals surface area contributed by atoms with E-state index in [0.29, 0.717) is 39.0 Å². The average molecular weight is 636 g/mol. The zero-order valence-corrected chi connectivity index (χ0v) is 28.3. The summed E-state index contributed by atoms with van der Waals surface area (Å²) < 4.78 is 27.2. The zero-order valence-electron chi connectivity index (χ0n) is 28.3. The van der Waals surface area contributed by atoms with Crippen LogP contribution in [0.3, 0.4) is 0 Å². The molecule has 0 aliphatic carbocycles. The van der Waals surface area contributed by atoms with Gasteiger partial charge in [-0.1, -0.05) is 154 Å². The van der Waals surface area contributed by atoms with Crippen LogP contribution in [-0.2, 0) is 45.4 Å². The lowest BCUT2D eigenvalue weighted by molar-refractivity contribution is -0.212. The van der Waals surface area contributed by atoms with Crippen LogP contribution in [0, 0.1) is 5.92 Å². The Kier molecular flexibility index (Phi) is 14.5. The lowest BCUT2D eigenvalue weighted by atomic mass is 9.90. The van der Waals surface area contributed by atoms with Crippen LogP contribution in [0.4, 0.5) is 0 Å². The van der Waals surface area contributed by atoms with E-state index >= 15 is 0 Å². The van der Waals surface area contributed by atoms with Gasteiger partial charge in [-0.05, 0) is 34.6 Å². The van der Waals surface area contributed by atoms with Gasteiger partial charge < -0.3 is 18.9 Å². The molecule has 1 fully saturated rings. The van der Waals surface area contributed by atoms with Crippen molar-refractivity contribution in [1.82, 2.24) is 4.90 Å². The van der Waals surface area contributed by atoms with Crippen molar-refractivity contribution in [3.05, 3.63) is 144 Å². The van der Waals surface area contributed by atoms with Crippen LogP contribution in [0.25, 0.3) is 0 Å². The van der Waals surface area contributed by atoms with Crippen molar-refractivity contribution in [2.24, 2.45) is 5.92 Å². The van der Waals surface area contributed by atoms with Crippen molar-refractivity contribution in [3.63, 3.8) is 0 Å². The number of hydrogen-bond acceptors (Lipinski definition) is 5. The summed E-state index contributed by atoms with van der Waals surface area (Å²) in [4.78, 5) is 2.60. The second-order valence-electron chi connectivity index (χ2n) is 12.8. The second kappa shape index (κ2) is 19.5. The summed E-state index contributed by atoms with van der Waals surface area (Å²) in [6.45, 7) is 8.98. The highest BCUT2D eigenvalue weighted by atomic mass is 16.6. The first-order valence-electron chi connectivity index (χ1n) is 17.6. The van der Waals surface area contributed by atoms with E-state index in [4.69, 9.17) is 18.9 Å². The van der Waals surface area contributed by atoms with Gasteiger partial charge in [0.1, 0.15) is 12.2 Å². The molecule has 4 aromatic rings. The molecule has 0 N–H and O–H groups in total. The Bertz CT molecular complexity index is 1370. The Morgan fingerprint density at radius 3 is 1.55 bits per heavy atom. The molecular weight excluding hydrogens is 582 g/mol. The zero-order chi connectivity index (χ0) is 32.5. The molecule has 1 saturated heterocycles. The Labute approximate surface area is 282 Å². The summed E-state index contributed by atoms with van der Waals surface area (Å²) in [6, 6.07) is 41.7. The predicted molar refractivity (Wildman–Crippen MR) is 190 cm³/mol. The molecule has 1 aliphatic rings. The minimum atomic E-state index is -0.278. The fourth-order valence-corrected chi connectivity index (χ4v) is 6.51. The summed E-state index contributed by atoms with van der Waals surface area (Å²) >= 11 is 0. The van der Waals surface area contributed by atoms with Gasteiger partial charge >= 0.3 is 0 Å². The van der Waals surface area contributed by atoms with Crippen LogP contribution < -0.4 is 0 Å². The van der Waals surface area contributed by atoms with Gasteiger partial charge in [0.15, 0.2) is 0 Å². The van der Waals surface area contributed by atoms with Gasteiger partial charge in [-0.3, -0.25) is 4.90 Å². The molecular formula is C42H53NO4. The van der Waals surface area contributed by atoms with Crippen LogP contribution >= 0.6 is 0 Å². The first kappa shape index (κ1) is 35.0. The van der Waals surface area contributed by atoms with E-state index in [-0.39, 0.29) is 24.4 Å². The molecule has 5 heteroatoms. The topological polar surface area (TPSA) is 40.2 Å². The Balaban J connectivity index is 1.45. The second-order valence-corrected chi connectivity index (χ2v) is 12.8. The molecule has 47 heavy (non-hydrogen) atoms. The minimum Gasteiger partial charge on any atom is -0.375 e. The van der Waals surface area contributed by atoms with Gasteiger partial charge in [0.2, 0.25) is 0 Å². The third-order valence-corrected chi connectivity index (χ3v) is 9.27. The molecule has 0 spiro atoms. The first-order chi connectivity index (χ1) is 23.2. The summed E-state index contributed by atoms with van der Waals surface area (Å²) in [5, 5.41) is 0. The number of rotatable bonds is 19. The molecule has 1 heterocycles. The maximum absolute atomic E-state index is 6.97. The Morgan fingerprint density at radius 2 is 1.06 bits per heavy atom. The highest BCUT2D eigenvalue weighted by molar-refractivity contribution is 5.16. The smallest absolute Gasteiger partial charge is 0.113 e. The third-order valence-electron chi connectivity index (χ3n) is 9.27. The monoisotopic (exact) mass is 635 g/mol. The van der Waals surface area contributed by atoms with Crippen molar-refractivity contribution < 1.29 is 18.9 Å². The van der Waals surface area contributed by atoms with Crippen LogP contribution in [-0.4, -0.2) is 49.0 Å². The number of ether oxygens (including phenoxy) is 4. The van der Waals surface area contributed by atoms with E-state index in [1.54, 1.807) is 0 Å². The van der Waals surface area contributed by atoms with Crippen molar-refractivity contribution in [2.75, 3.05) is 19.7 Å². The van der Waals surface area contributed by atoms with E-state index < -0.39 is 0 Å². The van der Waals surface area contributed by atoms with Gasteiger partial charge in [-0.2, -0.15) is 0 Å². The lowest BCUT2D eigenvalue weighted by Gasteiger charge is -2.49. The molecule has 0 saturated carbocycles. The van der Waals surface area contributed by atoms with Gasteiger partial charge in [-0.25, -0.2) is 0 Å². The number of nitrogens with zero attached hydrogens (tertiary/aromatic N) is 1. The molecule has 250 valence electrons. The van der Waals surface area contributed by atoms with E-state index in [9.17, 15) is 0 Å². The highest BCUT2D eigenvalue weighted by Gasteiger charge is 2.46. The number of unbranched alkanes of at least 4 members (excludes halogenated alkanes) is 1. The Hall–Kier alpha value is -3.32. The normalized spacial score (nSPS) is 20.6. The van der Waals surface area contributed by atoms with Gasteiger partial charge in [0.25, 0.3) is 0 Å². The van der Waals surface area contributed by atoms with Gasteiger partial charge in [-0.15, -0.1) is 0 Å². The molecule has 1 aliphatic heterocycles. The van der Waals surface area contributed by atoms with Crippen molar-refractivity contribution >= 4 is 0 Å². The van der Waals surface area contributed by atoms with E-state index in [2.05, 4.69) is 116 Å². The molecule has 0 radical (unpaired) electrons. The lowest BCUT2D eigenvalue weighted by Crippen LogP contribution is -2.65. The van der Waals surface area contributed by atoms with Crippen molar-refractivity contribution in [1.29, 1.82) is 0 Å². The summed E-state index contributed by atoms with van der Waals surface area (Å²) in [5.41, 5.74) is 4.62. The molecule has 0 bridgehead atoms. The first-order valence-corrected chi connectivity index (χ1v) is 17.6. The van der Waals surface area contributed by atoms with E-state index in [1.807, 2.05) is 24.3 Å². The van der Waals surface area contributed by atoms with Crippen LogP contribution in [0.1, 0.15) is 61.8 Å². The number of likely N-dealkylation sites (tertiary alicyclic amines) is 1. The molecule has 5 rings (SSSR count). The maximum Gasteiger partial charge on any atom is 0.113 e. The summed E-state index contributed by atoms with van der Waals surface area (Å²) in [7, 11) is 0. The fourth-order valence-electron chi connectivity index (χ4n) is 6.51. The van der Waals surface area contributed by atoms with Gasteiger partial charge in [0.05, 0.1) is 45.2 Å². The molecule has 5 nitrogen and oxygen atoms in total. The SMILES string of the molecule is CCCCC(CC)CN1CC(OCc2ccccc2)C(OCc2ccccc2)C(OCc2ccccc2)C1COCc1ccccc1. The maximum atomic E-state index is 6.97. The van der Waals surface area contributed by atoms with E-state index in [1.165, 1.54) is 24.8 Å². The summed E-state index contributed by atoms with van der Waals surface area (Å²) in [6.07, 6.45) is 4.11. The summed E-state index contributed by atoms with van der Waals surface area (Å²) in [5.74, 6) is 0.595. The quantitative estimate of drug-likeness (QED) is 0.103. The van der Waals surface area contributed by atoms with Crippen LogP contribution in [0.5, 0.6) is 0 Å². The third kappa shape index (κ3) is 11.1. The van der Waals surface area contributed by atoms with Crippen molar-refractivity contribution in [2.45, 2.75) is 90.3 Å². The standard InChI is InChI=1S/C42H53NO4/c1-3-5-18-34(4-2)27-43-28-40(45-30-36-21-12-7-13-22-36)42(47-32-38-25-16-9-17-26-38)41(46-31-37-23-14-8-15-24-37)39(43)33-44-29-35-19-10-6-11-20-35/h6-17,19-26,34,39-42H,3-5,18,27-33H2,1-2H3.